The molecular formula is C13H16FNO3. The van der Waals surface area contributed by atoms with Gasteiger partial charge in [0.25, 0.3) is 5.91 Å². The van der Waals surface area contributed by atoms with Crippen molar-refractivity contribution < 1.29 is 19.0 Å². The average molecular weight is 253 g/mol. The fraction of sp³-hybridized carbons (Fsp3) is 0.462. The van der Waals surface area contributed by atoms with Gasteiger partial charge in [0.1, 0.15) is 0 Å². The highest BCUT2D eigenvalue weighted by atomic mass is 19.1. The minimum absolute atomic E-state index is 0.0188. The van der Waals surface area contributed by atoms with Crippen LogP contribution >= 0.6 is 0 Å². The van der Waals surface area contributed by atoms with Gasteiger partial charge >= 0.3 is 0 Å². The van der Waals surface area contributed by atoms with Crippen LogP contribution in [0.1, 0.15) is 31.4 Å². The van der Waals surface area contributed by atoms with Crippen LogP contribution in [-0.2, 0) is 4.79 Å². The third kappa shape index (κ3) is 3.43. The molecule has 0 aromatic heterocycles. The lowest BCUT2D eigenvalue weighted by atomic mass is 10.1. The number of halogens is 1. The Balaban J connectivity index is 1.90. The number of hydrogen-bond acceptors (Lipinski definition) is 3. The van der Waals surface area contributed by atoms with Gasteiger partial charge in [-0.05, 0) is 37.5 Å². The molecule has 2 N–H and O–H groups in total. The van der Waals surface area contributed by atoms with Gasteiger partial charge in [-0.1, -0.05) is 6.07 Å². The Bertz CT molecular complexity index is 444. The van der Waals surface area contributed by atoms with E-state index in [-0.39, 0.29) is 24.3 Å². The second-order valence-corrected chi connectivity index (χ2v) is 4.50. The van der Waals surface area contributed by atoms with Crippen LogP contribution in [0.25, 0.3) is 0 Å². The maximum atomic E-state index is 13.6. The van der Waals surface area contributed by atoms with Gasteiger partial charge in [-0.2, -0.15) is 0 Å². The molecule has 1 aliphatic carbocycles. The molecule has 1 aliphatic rings. The lowest BCUT2D eigenvalue weighted by molar-refractivity contribution is -0.123. The molecule has 4 nitrogen and oxygen atoms in total. The summed E-state index contributed by atoms with van der Waals surface area (Å²) in [4.78, 5) is 11.4. The fourth-order valence-corrected chi connectivity index (χ4v) is 1.53. The number of nitrogens with one attached hydrogen (secondary N) is 1. The molecular weight excluding hydrogens is 237 g/mol. The highest BCUT2D eigenvalue weighted by Crippen LogP contribution is 2.22. The van der Waals surface area contributed by atoms with E-state index < -0.39 is 11.9 Å². The maximum absolute atomic E-state index is 13.6. The first kappa shape index (κ1) is 12.8. The summed E-state index contributed by atoms with van der Waals surface area (Å²) in [5, 5.41) is 12.0. The molecule has 0 spiro atoms. The van der Waals surface area contributed by atoms with Crippen LogP contribution in [0.5, 0.6) is 5.75 Å². The summed E-state index contributed by atoms with van der Waals surface area (Å²) in [6, 6.07) is 4.46. The third-order valence-electron chi connectivity index (χ3n) is 2.74. The van der Waals surface area contributed by atoms with Crippen LogP contribution in [0.3, 0.4) is 0 Å². The van der Waals surface area contributed by atoms with E-state index in [2.05, 4.69) is 5.32 Å². The number of carbonyl (C=O) groups is 1. The molecule has 0 aliphatic heterocycles. The molecule has 2 rings (SSSR count). The molecule has 0 saturated heterocycles. The van der Waals surface area contributed by atoms with E-state index in [1.807, 2.05) is 0 Å². The standard InChI is InChI=1S/C13H16FNO3/c1-8(16)9-2-5-12(11(14)6-9)18-7-13(17)15-10-3-4-10/h2,5-6,8,10,16H,3-4,7H2,1H3,(H,15,17)/t8-/m1/s1. The van der Waals surface area contributed by atoms with E-state index in [0.29, 0.717) is 5.56 Å². The average Bonchev–Trinajstić information content (AvgIpc) is 3.11. The topological polar surface area (TPSA) is 58.6 Å². The van der Waals surface area contributed by atoms with Crippen molar-refractivity contribution in [2.24, 2.45) is 0 Å². The van der Waals surface area contributed by atoms with Crippen molar-refractivity contribution in [1.29, 1.82) is 0 Å². The predicted octanol–water partition coefficient (Wildman–Crippen LogP) is 1.54. The molecule has 0 heterocycles. The predicted molar refractivity (Wildman–Crippen MR) is 63.7 cm³/mol. The minimum atomic E-state index is -0.730. The summed E-state index contributed by atoms with van der Waals surface area (Å²) in [6.45, 7) is 1.36. The molecule has 98 valence electrons. The molecule has 1 aromatic rings. The number of benzene rings is 1. The van der Waals surface area contributed by atoms with Crippen LogP contribution in [-0.4, -0.2) is 23.7 Å². The van der Waals surface area contributed by atoms with Gasteiger partial charge in [-0.3, -0.25) is 4.79 Å². The van der Waals surface area contributed by atoms with Crippen LogP contribution in [0.2, 0.25) is 0 Å². The molecule has 0 radical (unpaired) electrons. The van der Waals surface area contributed by atoms with Crippen LogP contribution < -0.4 is 10.1 Å². The van der Waals surface area contributed by atoms with Crippen molar-refractivity contribution in [3.05, 3.63) is 29.6 Å². The normalized spacial score (nSPS) is 16.2. The summed E-state index contributed by atoms with van der Waals surface area (Å²) < 4.78 is 18.7. The summed E-state index contributed by atoms with van der Waals surface area (Å²) in [5.41, 5.74) is 0.474. The fourth-order valence-electron chi connectivity index (χ4n) is 1.53. The van der Waals surface area contributed by atoms with Gasteiger partial charge in [0, 0.05) is 6.04 Å². The van der Waals surface area contributed by atoms with Gasteiger partial charge in [0.05, 0.1) is 6.10 Å². The third-order valence-corrected chi connectivity index (χ3v) is 2.74. The lowest BCUT2D eigenvalue weighted by Crippen LogP contribution is -2.30. The zero-order valence-corrected chi connectivity index (χ0v) is 10.1. The molecule has 1 fully saturated rings. The van der Waals surface area contributed by atoms with Crippen molar-refractivity contribution in [2.75, 3.05) is 6.61 Å². The highest BCUT2D eigenvalue weighted by Gasteiger charge is 2.23. The molecule has 5 heteroatoms. The quantitative estimate of drug-likeness (QED) is 0.836. The minimum Gasteiger partial charge on any atom is -0.481 e. The van der Waals surface area contributed by atoms with Gasteiger partial charge in [0.15, 0.2) is 18.2 Å². The summed E-state index contributed by atoms with van der Waals surface area (Å²) in [6.07, 6.45) is 1.28. The number of aliphatic hydroxyl groups is 1. The van der Waals surface area contributed by atoms with E-state index in [9.17, 15) is 14.3 Å². The maximum Gasteiger partial charge on any atom is 0.258 e. The second kappa shape index (κ2) is 5.35. The second-order valence-electron chi connectivity index (χ2n) is 4.50. The first-order valence-electron chi connectivity index (χ1n) is 5.96. The Morgan fingerprint density at radius 3 is 2.89 bits per heavy atom. The Morgan fingerprint density at radius 2 is 2.33 bits per heavy atom. The van der Waals surface area contributed by atoms with E-state index in [4.69, 9.17) is 4.74 Å². The van der Waals surface area contributed by atoms with E-state index in [1.54, 1.807) is 13.0 Å². The number of amides is 1. The van der Waals surface area contributed by atoms with Crippen molar-refractivity contribution in [3.8, 4) is 5.75 Å². The monoisotopic (exact) mass is 253 g/mol. The highest BCUT2D eigenvalue weighted by molar-refractivity contribution is 5.78. The molecule has 18 heavy (non-hydrogen) atoms. The van der Waals surface area contributed by atoms with E-state index >= 15 is 0 Å². The Morgan fingerprint density at radius 1 is 1.61 bits per heavy atom. The summed E-state index contributed by atoms with van der Waals surface area (Å²) >= 11 is 0. The Kier molecular flexibility index (Phi) is 3.81. The first-order chi connectivity index (χ1) is 8.56. The molecule has 1 aromatic carbocycles. The SMILES string of the molecule is C[C@@H](O)c1ccc(OCC(=O)NC2CC2)c(F)c1. The first-order valence-corrected chi connectivity index (χ1v) is 5.96. The van der Waals surface area contributed by atoms with Crippen LogP contribution in [0.15, 0.2) is 18.2 Å². The number of hydrogen-bond donors (Lipinski definition) is 2. The zero-order valence-electron chi connectivity index (χ0n) is 10.1. The van der Waals surface area contributed by atoms with Crippen LogP contribution in [0, 0.1) is 5.82 Å². The molecule has 0 unspecified atom stereocenters. The Hall–Kier alpha value is -1.62. The molecule has 1 amide bonds. The van der Waals surface area contributed by atoms with E-state index in [1.165, 1.54) is 12.1 Å². The number of aliphatic hydroxyl groups excluding tert-OH is 1. The van der Waals surface area contributed by atoms with Crippen molar-refractivity contribution in [1.82, 2.24) is 5.32 Å². The molecule has 1 atom stereocenters. The number of rotatable bonds is 5. The van der Waals surface area contributed by atoms with Crippen molar-refractivity contribution in [3.63, 3.8) is 0 Å². The van der Waals surface area contributed by atoms with Gasteiger partial charge < -0.3 is 15.2 Å². The van der Waals surface area contributed by atoms with Gasteiger partial charge in [-0.25, -0.2) is 4.39 Å². The van der Waals surface area contributed by atoms with Gasteiger partial charge in [-0.15, -0.1) is 0 Å². The zero-order chi connectivity index (χ0) is 13.1. The molecule has 0 bridgehead atoms. The molecule has 1 saturated carbocycles. The Labute approximate surface area is 105 Å². The summed E-state index contributed by atoms with van der Waals surface area (Å²) in [7, 11) is 0. The van der Waals surface area contributed by atoms with Crippen LogP contribution in [0.4, 0.5) is 4.39 Å². The van der Waals surface area contributed by atoms with Gasteiger partial charge in [0.2, 0.25) is 0 Å². The van der Waals surface area contributed by atoms with Crippen molar-refractivity contribution >= 4 is 5.91 Å². The van der Waals surface area contributed by atoms with Crippen molar-refractivity contribution in [2.45, 2.75) is 31.9 Å². The smallest absolute Gasteiger partial charge is 0.258 e. The van der Waals surface area contributed by atoms with E-state index in [0.717, 1.165) is 12.8 Å². The largest absolute Gasteiger partial charge is 0.481 e. The number of carbonyl (C=O) groups excluding carboxylic acids is 1. The number of ether oxygens (including phenoxy) is 1. The lowest BCUT2D eigenvalue weighted by Gasteiger charge is -2.10. The summed E-state index contributed by atoms with van der Waals surface area (Å²) in [5.74, 6) is -0.797.